The van der Waals surface area contributed by atoms with Crippen LogP contribution in [0, 0.1) is 6.92 Å². The lowest BCUT2D eigenvalue weighted by atomic mass is 10.1. The Hall–Kier alpha value is -1.00. The molecule has 2 heterocycles. The molecule has 2 N–H and O–H groups in total. The average molecular weight is 546 g/mol. The number of thiazole rings is 1. The molecule has 2 aromatic rings. The van der Waals surface area contributed by atoms with Gasteiger partial charge >= 0.3 is 0 Å². The minimum Gasteiger partial charge on any atom is -0.357 e. The maximum absolute atomic E-state index is 4.80. The molecule has 1 saturated heterocycles. The standard InChI is InChI=1S/C21H31N5S2.HI/c1-4-22-20(24-14-17-8-7-16(2)13-19(17)27-3)23-10-9-18-15-28-21(25-18)26-11-5-6-12-26;/h7-8,13,15H,4-6,9-12,14H2,1-3H3,(H2,22,23,24);1H. The highest BCUT2D eigenvalue weighted by molar-refractivity contribution is 14.0. The fraction of sp³-hybridized carbons (Fsp3) is 0.524. The van der Waals surface area contributed by atoms with Gasteiger partial charge in [-0.25, -0.2) is 9.98 Å². The van der Waals surface area contributed by atoms with Gasteiger partial charge in [-0.2, -0.15) is 0 Å². The van der Waals surface area contributed by atoms with Crippen LogP contribution in [-0.4, -0.2) is 43.4 Å². The summed E-state index contributed by atoms with van der Waals surface area (Å²) in [6, 6.07) is 6.57. The first-order valence-electron chi connectivity index (χ1n) is 10.0. The number of benzene rings is 1. The summed E-state index contributed by atoms with van der Waals surface area (Å²) in [5, 5.41) is 10.2. The molecule has 5 nitrogen and oxygen atoms in total. The first-order valence-corrected chi connectivity index (χ1v) is 12.1. The van der Waals surface area contributed by atoms with Gasteiger partial charge in [0.1, 0.15) is 0 Å². The second-order valence-electron chi connectivity index (χ2n) is 7.00. The number of aryl methyl sites for hydroxylation is 1. The summed E-state index contributed by atoms with van der Waals surface area (Å²) in [5.74, 6) is 0.866. The summed E-state index contributed by atoms with van der Waals surface area (Å²) in [6.07, 6.45) is 5.61. The molecule has 29 heavy (non-hydrogen) atoms. The topological polar surface area (TPSA) is 52.6 Å². The van der Waals surface area contributed by atoms with Crippen LogP contribution in [0.15, 0.2) is 33.5 Å². The van der Waals surface area contributed by atoms with Crippen molar-refractivity contribution < 1.29 is 0 Å². The monoisotopic (exact) mass is 545 g/mol. The third-order valence-electron chi connectivity index (χ3n) is 4.78. The highest BCUT2D eigenvalue weighted by atomic mass is 127. The minimum absolute atomic E-state index is 0. The van der Waals surface area contributed by atoms with Crippen molar-refractivity contribution in [2.24, 2.45) is 4.99 Å². The molecule has 160 valence electrons. The van der Waals surface area contributed by atoms with Crippen molar-refractivity contribution >= 4 is 58.2 Å². The first kappa shape index (κ1) is 24.3. The van der Waals surface area contributed by atoms with Crippen LogP contribution in [0.5, 0.6) is 0 Å². The Morgan fingerprint density at radius 2 is 2.07 bits per heavy atom. The van der Waals surface area contributed by atoms with E-state index in [0.29, 0.717) is 6.54 Å². The van der Waals surface area contributed by atoms with E-state index in [1.54, 1.807) is 23.1 Å². The summed E-state index contributed by atoms with van der Waals surface area (Å²) in [4.78, 5) is 13.3. The Morgan fingerprint density at radius 3 is 2.79 bits per heavy atom. The van der Waals surface area contributed by atoms with E-state index in [2.05, 4.69) is 59.2 Å². The summed E-state index contributed by atoms with van der Waals surface area (Å²) in [6.45, 7) is 8.90. The van der Waals surface area contributed by atoms with E-state index in [1.165, 1.54) is 39.7 Å². The van der Waals surface area contributed by atoms with Crippen LogP contribution in [0.2, 0.25) is 0 Å². The molecule has 0 spiro atoms. The Labute approximate surface area is 200 Å². The largest absolute Gasteiger partial charge is 0.357 e. The Morgan fingerprint density at radius 1 is 1.28 bits per heavy atom. The van der Waals surface area contributed by atoms with E-state index < -0.39 is 0 Å². The van der Waals surface area contributed by atoms with Crippen molar-refractivity contribution in [3.63, 3.8) is 0 Å². The minimum atomic E-state index is 0. The molecule has 8 heteroatoms. The van der Waals surface area contributed by atoms with Gasteiger partial charge in [0.05, 0.1) is 12.2 Å². The lowest BCUT2D eigenvalue weighted by Crippen LogP contribution is -2.38. The molecule has 0 unspecified atom stereocenters. The maximum atomic E-state index is 4.80. The quantitative estimate of drug-likeness (QED) is 0.218. The predicted molar refractivity (Wildman–Crippen MR) is 138 cm³/mol. The van der Waals surface area contributed by atoms with Gasteiger partial charge in [-0.15, -0.1) is 47.1 Å². The van der Waals surface area contributed by atoms with Crippen LogP contribution in [-0.2, 0) is 13.0 Å². The Balaban J connectivity index is 0.00000300. The number of rotatable bonds is 8. The van der Waals surface area contributed by atoms with E-state index in [-0.39, 0.29) is 24.0 Å². The zero-order valence-corrected chi connectivity index (χ0v) is 21.5. The number of nitrogens with one attached hydrogen (secondary N) is 2. The van der Waals surface area contributed by atoms with Crippen molar-refractivity contribution in [2.75, 3.05) is 37.3 Å². The number of aliphatic imine (C=N–C) groups is 1. The number of thioether (sulfide) groups is 1. The van der Waals surface area contributed by atoms with Crippen molar-refractivity contribution in [2.45, 2.75) is 44.6 Å². The third-order valence-corrected chi connectivity index (χ3v) is 6.55. The van der Waals surface area contributed by atoms with Crippen LogP contribution in [0.25, 0.3) is 0 Å². The highest BCUT2D eigenvalue weighted by Gasteiger charge is 2.15. The maximum Gasteiger partial charge on any atom is 0.191 e. The Kier molecular flexibility index (Phi) is 10.6. The molecular formula is C21H32IN5S2. The second kappa shape index (κ2) is 12.6. The lowest BCUT2D eigenvalue weighted by Gasteiger charge is -2.13. The molecule has 1 aromatic carbocycles. The molecular weight excluding hydrogens is 513 g/mol. The van der Waals surface area contributed by atoms with E-state index in [9.17, 15) is 0 Å². The normalized spacial score (nSPS) is 14.0. The first-order chi connectivity index (χ1) is 13.7. The molecule has 0 aliphatic carbocycles. The van der Waals surface area contributed by atoms with Crippen LogP contribution in [0.4, 0.5) is 5.13 Å². The fourth-order valence-corrected chi connectivity index (χ4v) is 4.87. The smallest absolute Gasteiger partial charge is 0.191 e. The number of aromatic nitrogens is 1. The molecule has 0 bridgehead atoms. The Bertz CT molecular complexity index is 787. The molecule has 0 atom stereocenters. The molecule has 0 saturated carbocycles. The summed E-state index contributed by atoms with van der Waals surface area (Å²) < 4.78 is 0. The van der Waals surface area contributed by atoms with Crippen molar-refractivity contribution in [3.05, 3.63) is 40.4 Å². The van der Waals surface area contributed by atoms with Gasteiger partial charge in [-0.1, -0.05) is 12.1 Å². The molecule has 0 radical (unpaired) electrons. The second-order valence-corrected chi connectivity index (χ2v) is 8.69. The number of hydrogen-bond acceptors (Lipinski definition) is 5. The predicted octanol–water partition coefficient (Wildman–Crippen LogP) is 4.69. The number of guanidine groups is 1. The lowest BCUT2D eigenvalue weighted by molar-refractivity contribution is 0.788. The molecule has 0 amide bonds. The van der Waals surface area contributed by atoms with Gasteiger partial charge in [0.15, 0.2) is 11.1 Å². The zero-order valence-electron chi connectivity index (χ0n) is 17.5. The van der Waals surface area contributed by atoms with Gasteiger partial charge in [-0.05, 0) is 50.1 Å². The van der Waals surface area contributed by atoms with E-state index in [4.69, 9.17) is 9.98 Å². The van der Waals surface area contributed by atoms with Gasteiger partial charge in [0.25, 0.3) is 0 Å². The highest BCUT2D eigenvalue weighted by Crippen LogP contribution is 2.24. The van der Waals surface area contributed by atoms with Crippen molar-refractivity contribution in [1.29, 1.82) is 0 Å². The third kappa shape index (κ3) is 7.32. The van der Waals surface area contributed by atoms with Crippen molar-refractivity contribution in [3.8, 4) is 0 Å². The zero-order chi connectivity index (χ0) is 19.8. The van der Waals surface area contributed by atoms with Crippen LogP contribution in [0.1, 0.15) is 36.6 Å². The van der Waals surface area contributed by atoms with Crippen LogP contribution in [0.3, 0.4) is 0 Å². The van der Waals surface area contributed by atoms with Crippen LogP contribution >= 0.6 is 47.1 Å². The van der Waals surface area contributed by atoms with Gasteiger partial charge in [0.2, 0.25) is 0 Å². The molecule has 1 fully saturated rings. The molecule has 1 aromatic heterocycles. The molecule has 1 aliphatic heterocycles. The summed E-state index contributed by atoms with van der Waals surface area (Å²) in [5.41, 5.74) is 3.72. The number of hydrogen-bond donors (Lipinski definition) is 2. The molecule has 3 rings (SSSR count). The SMILES string of the molecule is CCNC(=NCc1ccc(C)cc1SC)NCCc1csc(N2CCCC2)n1.I. The number of nitrogens with zero attached hydrogens (tertiary/aromatic N) is 3. The van der Waals surface area contributed by atoms with Gasteiger partial charge in [-0.3, -0.25) is 0 Å². The van der Waals surface area contributed by atoms with E-state index in [0.717, 1.165) is 38.6 Å². The summed E-state index contributed by atoms with van der Waals surface area (Å²) in [7, 11) is 0. The number of halogens is 1. The fourth-order valence-electron chi connectivity index (χ4n) is 3.26. The van der Waals surface area contributed by atoms with Crippen molar-refractivity contribution in [1.82, 2.24) is 15.6 Å². The van der Waals surface area contributed by atoms with Crippen LogP contribution < -0.4 is 15.5 Å². The average Bonchev–Trinajstić information content (AvgIpc) is 3.38. The number of anilines is 1. The molecule has 1 aliphatic rings. The summed E-state index contributed by atoms with van der Waals surface area (Å²) >= 11 is 3.55. The van der Waals surface area contributed by atoms with Gasteiger partial charge < -0.3 is 15.5 Å². The van der Waals surface area contributed by atoms with E-state index in [1.807, 2.05) is 0 Å². The van der Waals surface area contributed by atoms with Gasteiger partial charge in [0, 0.05) is 42.9 Å². The van der Waals surface area contributed by atoms with E-state index >= 15 is 0 Å².